The van der Waals surface area contributed by atoms with E-state index in [1.807, 2.05) is 24.3 Å². The van der Waals surface area contributed by atoms with Crippen molar-refractivity contribution < 1.29 is 24.0 Å². The number of imidazole rings is 1. The molecule has 3 aromatic rings. The van der Waals surface area contributed by atoms with Crippen LogP contribution < -0.4 is 4.74 Å². The molecule has 0 saturated carbocycles. The molecule has 1 atom stereocenters. The van der Waals surface area contributed by atoms with Crippen molar-refractivity contribution in [1.82, 2.24) is 25.0 Å². The molecule has 0 radical (unpaired) electrons. The van der Waals surface area contributed by atoms with E-state index in [0.29, 0.717) is 24.7 Å². The first-order valence-corrected chi connectivity index (χ1v) is 10.3. The van der Waals surface area contributed by atoms with Crippen LogP contribution in [0.25, 0.3) is 11.4 Å². The first kappa shape index (κ1) is 21.5. The number of ether oxygens (including phenoxy) is 1. The molecule has 1 aliphatic rings. The van der Waals surface area contributed by atoms with Crippen LogP contribution in [0.3, 0.4) is 0 Å². The number of hydrogen-bond donors (Lipinski definition) is 2. The molecular weight excluding hydrogens is 414 g/mol. The predicted octanol–water partition coefficient (Wildman–Crippen LogP) is 2.99. The Labute approximate surface area is 184 Å². The van der Waals surface area contributed by atoms with E-state index in [9.17, 15) is 9.59 Å². The molecule has 0 bridgehead atoms. The van der Waals surface area contributed by atoms with Crippen LogP contribution in [-0.2, 0) is 22.6 Å². The molecule has 1 aromatic carbocycles. The van der Waals surface area contributed by atoms with Crippen LogP contribution in [-0.4, -0.2) is 49.1 Å². The number of hydrogen-bond acceptors (Lipinski definition) is 7. The third-order valence-corrected chi connectivity index (χ3v) is 5.55. The van der Waals surface area contributed by atoms with Gasteiger partial charge in [0.1, 0.15) is 11.8 Å². The zero-order chi connectivity index (χ0) is 22.9. The maximum atomic E-state index is 13.3. The zero-order valence-electron chi connectivity index (χ0n) is 18.2. The number of aromatic nitrogens is 4. The normalized spacial score (nSPS) is 16.0. The van der Waals surface area contributed by atoms with Gasteiger partial charge in [-0.15, -0.1) is 0 Å². The molecule has 4 rings (SSSR count). The number of rotatable bonds is 7. The Kier molecular flexibility index (Phi) is 5.68. The number of methoxy groups -OCH3 is 1. The van der Waals surface area contributed by atoms with Crippen LogP contribution in [0.4, 0.5) is 0 Å². The molecule has 1 unspecified atom stereocenters. The average Bonchev–Trinajstić information content (AvgIpc) is 3.40. The molecule has 0 fully saturated rings. The minimum atomic E-state index is -0.935. The number of nitrogens with zero attached hydrogens (tertiary/aromatic N) is 4. The van der Waals surface area contributed by atoms with E-state index in [2.05, 4.69) is 20.1 Å². The number of amides is 1. The van der Waals surface area contributed by atoms with Gasteiger partial charge in [-0.1, -0.05) is 19.0 Å². The maximum absolute atomic E-state index is 13.3. The topological polar surface area (TPSA) is 134 Å². The summed E-state index contributed by atoms with van der Waals surface area (Å²) < 4.78 is 10.7. The summed E-state index contributed by atoms with van der Waals surface area (Å²) in [5, 5.41) is 13.3. The summed E-state index contributed by atoms with van der Waals surface area (Å²) in [4.78, 5) is 38.1. The van der Waals surface area contributed by atoms with E-state index < -0.39 is 17.4 Å². The second-order valence-corrected chi connectivity index (χ2v) is 8.67. The summed E-state index contributed by atoms with van der Waals surface area (Å²) in [7, 11) is 1.59. The van der Waals surface area contributed by atoms with Gasteiger partial charge in [0.15, 0.2) is 0 Å². The molecule has 32 heavy (non-hydrogen) atoms. The highest BCUT2D eigenvalue weighted by atomic mass is 16.5. The van der Waals surface area contributed by atoms with Crippen LogP contribution in [0.2, 0.25) is 0 Å². The lowest BCUT2D eigenvalue weighted by Crippen LogP contribution is -2.41. The van der Waals surface area contributed by atoms with Crippen LogP contribution >= 0.6 is 0 Å². The van der Waals surface area contributed by atoms with Gasteiger partial charge in [0.05, 0.1) is 37.8 Å². The number of aromatic amines is 1. The van der Waals surface area contributed by atoms with Crippen molar-refractivity contribution in [3.63, 3.8) is 0 Å². The number of carbonyl (C=O) groups is 2. The minimum Gasteiger partial charge on any atom is -0.497 e. The van der Waals surface area contributed by atoms with Crippen molar-refractivity contribution >= 4 is 11.9 Å². The van der Waals surface area contributed by atoms with Gasteiger partial charge in [-0.25, -0.2) is 4.98 Å². The van der Waals surface area contributed by atoms with Gasteiger partial charge in [-0.3, -0.25) is 9.59 Å². The lowest BCUT2D eigenvalue weighted by Gasteiger charge is -2.35. The fraction of sp³-hybridized carbons (Fsp3) is 0.409. The molecule has 0 saturated heterocycles. The van der Waals surface area contributed by atoms with E-state index >= 15 is 0 Å². The van der Waals surface area contributed by atoms with E-state index in [4.69, 9.17) is 14.4 Å². The van der Waals surface area contributed by atoms with Crippen LogP contribution in [0.15, 0.2) is 35.1 Å². The van der Waals surface area contributed by atoms with Gasteiger partial charge in [-0.2, -0.15) is 4.98 Å². The third-order valence-electron chi connectivity index (χ3n) is 5.55. The van der Waals surface area contributed by atoms with Gasteiger partial charge in [-0.05, 0) is 29.7 Å². The molecule has 2 N–H and O–H groups in total. The second kappa shape index (κ2) is 8.45. The summed E-state index contributed by atoms with van der Waals surface area (Å²) in [5.74, 6) is 0.333. The molecular formula is C22H25N5O5. The molecule has 10 nitrogen and oxygen atoms in total. The number of benzene rings is 1. The highest BCUT2D eigenvalue weighted by Crippen LogP contribution is 2.35. The number of carboxylic acid groups (broad SMARTS) is 1. The number of H-pyrrole nitrogens is 1. The van der Waals surface area contributed by atoms with Crippen LogP contribution in [0.1, 0.15) is 50.0 Å². The highest BCUT2D eigenvalue weighted by molar-refractivity contribution is 5.78. The SMILES string of the molecule is COc1ccc(-c2noc(C3Cc4nc[nH]c4CN3C(=O)CC(C)(C)CC(=O)O)n2)cc1. The molecule has 0 aliphatic carbocycles. The van der Waals surface area contributed by atoms with Gasteiger partial charge in [0.25, 0.3) is 0 Å². The Balaban J connectivity index is 1.61. The highest BCUT2D eigenvalue weighted by Gasteiger charge is 2.38. The Morgan fingerprint density at radius 1 is 1.28 bits per heavy atom. The molecule has 1 aliphatic heterocycles. The van der Waals surface area contributed by atoms with Crippen molar-refractivity contribution in [3.8, 4) is 17.1 Å². The van der Waals surface area contributed by atoms with Crippen molar-refractivity contribution in [3.05, 3.63) is 47.9 Å². The van der Waals surface area contributed by atoms with Crippen LogP contribution in [0, 0.1) is 5.41 Å². The molecule has 3 heterocycles. The van der Waals surface area contributed by atoms with Crippen molar-refractivity contribution in [2.24, 2.45) is 5.41 Å². The third kappa shape index (κ3) is 4.48. The largest absolute Gasteiger partial charge is 0.497 e. The quantitative estimate of drug-likeness (QED) is 0.574. The summed E-state index contributed by atoms with van der Waals surface area (Å²) >= 11 is 0. The van der Waals surface area contributed by atoms with Crippen molar-refractivity contribution in [1.29, 1.82) is 0 Å². The number of carboxylic acids is 1. The summed E-state index contributed by atoms with van der Waals surface area (Å²) in [5.41, 5.74) is 1.76. The Hall–Kier alpha value is -3.69. The smallest absolute Gasteiger partial charge is 0.303 e. The first-order chi connectivity index (χ1) is 15.3. The summed E-state index contributed by atoms with van der Waals surface area (Å²) in [6.07, 6.45) is 2.00. The molecule has 0 spiro atoms. The van der Waals surface area contributed by atoms with Gasteiger partial charge < -0.3 is 24.3 Å². The first-order valence-electron chi connectivity index (χ1n) is 10.3. The van der Waals surface area contributed by atoms with E-state index in [1.54, 1.807) is 32.2 Å². The van der Waals surface area contributed by atoms with Crippen molar-refractivity contribution in [2.45, 2.75) is 45.7 Å². The zero-order valence-corrected chi connectivity index (χ0v) is 18.2. The molecule has 10 heteroatoms. The summed E-state index contributed by atoms with van der Waals surface area (Å²) in [6, 6.07) is 6.79. The number of nitrogens with one attached hydrogen (secondary N) is 1. The van der Waals surface area contributed by atoms with E-state index in [1.165, 1.54) is 0 Å². The number of fused-ring (bicyclic) bond motifs is 1. The van der Waals surface area contributed by atoms with Gasteiger partial charge in [0, 0.05) is 18.4 Å². The number of carbonyl (C=O) groups excluding carboxylic acids is 1. The van der Waals surface area contributed by atoms with E-state index in [-0.39, 0.29) is 18.7 Å². The lowest BCUT2D eigenvalue weighted by molar-refractivity contribution is -0.142. The van der Waals surface area contributed by atoms with E-state index in [0.717, 1.165) is 22.7 Å². The number of aliphatic carboxylic acids is 1. The monoisotopic (exact) mass is 439 g/mol. The average molecular weight is 439 g/mol. The predicted molar refractivity (Wildman–Crippen MR) is 113 cm³/mol. The van der Waals surface area contributed by atoms with Gasteiger partial charge >= 0.3 is 5.97 Å². The minimum absolute atomic E-state index is 0.0821. The Morgan fingerprint density at radius 3 is 2.72 bits per heavy atom. The van der Waals surface area contributed by atoms with Crippen LogP contribution in [0.5, 0.6) is 5.75 Å². The standard InChI is InChI=1S/C22H25N5O5/c1-22(2,10-19(29)30)9-18(28)27-11-16-15(23-12-24-16)8-17(27)21-25-20(26-32-21)13-4-6-14(31-3)7-5-13/h4-7,12,17H,8-11H2,1-3H3,(H,23,24)(H,29,30). The summed E-state index contributed by atoms with van der Waals surface area (Å²) in [6.45, 7) is 3.85. The Bertz CT molecular complexity index is 1120. The fourth-order valence-electron chi connectivity index (χ4n) is 3.93. The molecule has 168 valence electrons. The van der Waals surface area contributed by atoms with Crippen molar-refractivity contribution in [2.75, 3.05) is 7.11 Å². The van der Waals surface area contributed by atoms with Gasteiger partial charge in [0.2, 0.25) is 17.6 Å². The second-order valence-electron chi connectivity index (χ2n) is 8.67. The Morgan fingerprint density at radius 2 is 2.03 bits per heavy atom. The fourth-order valence-corrected chi connectivity index (χ4v) is 3.93. The molecule has 1 amide bonds. The lowest BCUT2D eigenvalue weighted by atomic mass is 9.84. The molecule has 2 aromatic heterocycles. The maximum Gasteiger partial charge on any atom is 0.303 e.